The molecule has 0 unspecified atom stereocenters. The molecule has 0 heterocycles. The summed E-state index contributed by atoms with van der Waals surface area (Å²) in [5.41, 5.74) is 0. The van der Waals surface area contributed by atoms with Gasteiger partial charge < -0.3 is 0 Å². The van der Waals surface area contributed by atoms with Crippen LogP contribution in [0.15, 0.2) is 48.5 Å². The van der Waals surface area contributed by atoms with Gasteiger partial charge in [0.1, 0.15) is 0 Å². The molecule has 118 valence electrons. The van der Waals surface area contributed by atoms with Crippen molar-refractivity contribution in [3.05, 3.63) is 52.1 Å². The Balaban J connectivity index is 2.26. The third-order valence-electron chi connectivity index (χ3n) is 4.16. The molecule has 0 amide bonds. The van der Waals surface area contributed by atoms with Gasteiger partial charge in [0, 0.05) is 0 Å². The van der Waals surface area contributed by atoms with Gasteiger partial charge in [0.05, 0.1) is 0 Å². The Kier molecular flexibility index (Phi) is 7.00. The number of halogens is 1. The average Bonchev–Trinajstić information content (AvgIpc) is 2.57. The van der Waals surface area contributed by atoms with Gasteiger partial charge in [-0.2, -0.15) is 0 Å². The number of hydrogen-bond donors (Lipinski definition) is 0. The van der Waals surface area contributed by atoms with E-state index in [1.165, 1.54) is 30.6 Å². The molecule has 0 bridgehead atoms. The van der Waals surface area contributed by atoms with E-state index in [1.807, 2.05) is 0 Å². The first-order valence-corrected chi connectivity index (χ1v) is 13.2. The molecule has 22 heavy (non-hydrogen) atoms. The first-order valence-electron chi connectivity index (χ1n) is 7.84. The van der Waals surface area contributed by atoms with Crippen molar-refractivity contribution in [1.82, 2.24) is 0 Å². The molecule has 2 aromatic carbocycles. The second-order valence-corrected chi connectivity index (χ2v) is 13.4. The molecular weight excluding hydrogens is 466 g/mol. The third-order valence-corrected chi connectivity index (χ3v) is 12.9. The molecule has 0 N–H and O–H groups in total. The monoisotopic (exact) mass is 490 g/mol. The van der Waals surface area contributed by atoms with Gasteiger partial charge >= 0.3 is 156 Å². The fourth-order valence-electron chi connectivity index (χ4n) is 2.46. The first kappa shape index (κ1) is 18.1. The van der Waals surface area contributed by atoms with Crippen LogP contribution in [0.2, 0.25) is 18.1 Å². The molecule has 0 aliphatic heterocycles. The van der Waals surface area contributed by atoms with Gasteiger partial charge in [-0.1, -0.05) is 0 Å². The van der Waals surface area contributed by atoms with E-state index in [2.05, 4.69) is 91.9 Å². The van der Waals surface area contributed by atoms with Crippen molar-refractivity contribution in [2.75, 3.05) is 0 Å². The van der Waals surface area contributed by atoms with Crippen LogP contribution >= 0.6 is 22.6 Å². The Morgan fingerprint density at radius 3 is 2.14 bits per heavy atom. The summed E-state index contributed by atoms with van der Waals surface area (Å²) < 4.78 is 10.7. The molecule has 0 saturated carbocycles. The average molecular weight is 489 g/mol. The molecule has 1 nitrogen and oxygen atoms in total. The Labute approximate surface area is 155 Å². The molecule has 2 rings (SSSR count). The van der Waals surface area contributed by atoms with Gasteiger partial charge in [-0.3, -0.25) is 0 Å². The summed E-state index contributed by atoms with van der Waals surface area (Å²) in [7, 11) is -1.60. The quantitative estimate of drug-likeness (QED) is 0.416. The molecule has 0 atom stereocenters. The number of benzene rings is 2. The zero-order valence-electron chi connectivity index (χ0n) is 13.4. The van der Waals surface area contributed by atoms with E-state index in [0.717, 1.165) is 5.75 Å². The third kappa shape index (κ3) is 4.37. The fourth-order valence-corrected chi connectivity index (χ4v) is 8.14. The second kappa shape index (κ2) is 8.53. The fraction of sp³-hybridized carbons (Fsp3) is 0.333. The van der Waals surface area contributed by atoms with Crippen LogP contribution in [0.1, 0.15) is 20.8 Å². The van der Waals surface area contributed by atoms with E-state index in [4.69, 9.17) is 4.43 Å². The maximum absolute atomic E-state index is 6.60. The summed E-state index contributed by atoms with van der Waals surface area (Å²) in [5.74, 6) is 1.10. The van der Waals surface area contributed by atoms with Crippen LogP contribution in [-0.4, -0.2) is 23.3 Å². The van der Waals surface area contributed by atoms with Gasteiger partial charge in [-0.15, -0.1) is 0 Å². The minimum atomic E-state index is -1.60. The van der Waals surface area contributed by atoms with Gasteiger partial charge in [-0.25, -0.2) is 0 Å². The topological polar surface area (TPSA) is 9.23 Å². The Bertz CT molecular complexity index is 591. The Morgan fingerprint density at radius 2 is 1.55 bits per heavy atom. The first-order chi connectivity index (χ1) is 10.6. The van der Waals surface area contributed by atoms with Crippen molar-refractivity contribution in [3.8, 4) is 5.75 Å². The van der Waals surface area contributed by atoms with Crippen LogP contribution in [0, 0.1) is 3.57 Å². The van der Waals surface area contributed by atoms with Crippen molar-refractivity contribution >= 4 is 54.8 Å². The predicted molar refractivity (Wildman–Crippen MR) is 108 cm³/mol. The van der Waals surface area contributed by atoms with E-state index < -0.39 is 8.32 Å². The summed E-state index contributed by atoms with van der Waals surface area (Å²) in [4.78, 5) is 0. The molecule has 0 aromatic heterocycles. The zero-order chi connectivity index (χ0) is 16.0. The standard InChI is InChI=1S/C18H23IOSeSi/c1-4-22(5-2,6-3)20-16-13-10-14-17(18(16)19)21-15-11-8-7-9-12-15/h7-14H,4-6H2,1-3H3. The van der Waals surface area contributed by atoms with Gasteiger partial charge in [0.25, 0.3) is 0 Å². The van der Waals surface area contributed by atoms with E-state index in [9.17, 15) is 0 Å². The van der Waals surface area contributed by atoms with Gasteiger partial charge in [-0.05, 0) is 0 Å². The van der Waals surface area contributed by atoms with Crippen molar-refractivity contribution in [3.63, 3.8) is 0 Å². The molecule has 0 spiro atoms. The zero-order valence-corrected chi connectivity index (χ0v) is 18.3. The summed E-state index contributed by atoms with van der Waals surface area (Å²) in [6.45, 7) is 6.84. The van der Waals surface area contributed by atoms with Crippen LogP contribution in [0.4, 0.5) is 0 Å². The van der Waals surface area contributed by atoms with Crippen LogP contribution in [0.25, 0.3) is 0 Å². The molecule has 0 saturated heterocycles. The Morgan fingerprint density at radius 1 is 0.909 bits per heavy atom. The molecular formula is C18H23IOSeSi. The van der Waals surface area contributed by atoms with Crippen molar-refractivity contribution < 1.29 is 4.43 Å². The van der Waals surface area contributed by atoms with Crippen molar-refractivity contribution in [1.29, 1.82) is 0 Å². The van der Waals surface area contributed by atoms with Crippen molar-refractivity contribution in [2.24, 2.45) is 0 Å². The summed E-state index contributed by atoms with van der Waals surface area (Å²) >= 11 is 2.81. The van der Waals surface area contributed by atoms with E-state index >= 15 is 0 Å². The molecule has 0 radical (unpaired) electrons. The second-order valence-electron chi connectivity index (χ2n) is 5.33. The summed E-state index contributed by atoms with van der Waals surface area (Å²) in [6, 6.07) is 20.8. The normalized spacial score (nSPS) is 11.5. The van der Waals surface area contributed by atoms with E-state index in [-0.39, 0.29) is 0 Å². The molecule has 0 fully saturated rings. The SMILES string of the molecule is CC[Si](CC)(CC)Oc1cccc([Se]c2ccccc2)c1I. The van der Waals surface area contributed by atoms with Gasteiger partial charge in [0.15, 0.2) is 0 Å². The van der Waals surface area contributed by atoms with Crippen molar-refractivity contribution in [2.45, 2.75) is 38.9 Å². The van der Waals surface area contributed by atoms with Crippen LogP contribution < -0.4 is 13.3 Å². The van der Waals surface area contributed by atoms with Crippen LogP contribution in [-0.2, 0) is 0 Å². The molecule has 0 aliphatic rings. The summed E-state index contributed by atoms with van der Waals surface area (Å²) in [5, 5.41) is 0. The number of rotatable bonds is 7. The predicted octanol–water partition coefficient (Wildman–Crippen LogP) is 4.33. The number of hydrogen-bond acceptors (Lipinski definition) is 1. The summed E-state index contributed by atoms with van der Waals surface area (Å²) in [6.07, 6.45) is 0. The van der Waals surface area contributed by atoms with Crippen LogP contribution in [0.3, 0.4) is 0 Å². The molecule has 4 heteroatoms. The molecule has 2 aromatic rings. The van der Waals surface area contributed by atoms with Crippen LogP contribution in [0.5, 0.6) is 5.75 Å². The maximum atomic E-state index is 6.60. The van der Waals surface area contributed by atoms with E-state index in [0.29, 0.717) is 15.0 Å². The Hall–Kier alpha value is -0.294. The minimum absolute atomic E-state index is 0.339. The van der Waals surface area contributed by atoms with E-state index in [1.54, 1.807) is 0 Å². The molecule has 0 aliphatic carbocycles. The van der Waals surface area contributed by atoms with Gasteiger partial charge in [0.2, 0.25) is 0 Å².